The number of imidazole rings is 1. The Balaban J connectivity index is 2.28. The zero-order chi connectivity index (χ0) is 14.2. The second-order valence-corrected chi connectivity index (χ2v) is 5.29. The summed E-state index contributed by atoms with van der Waals surface area (Å²) in [6.07, 6.45) is 0. The van der Waals surface area contributed by atoms with Crippen LogP contribution < -0.4 is 5.32 Å². The normalized spacial score (nSPS) is 12.5. The number of hydrogen-bond acceptors (Lipinski definition) is 2. The molecule has 2 amide bonds. The van der Waals surface area contributed by atoms with Crippen LogP contribution in [0.3, 0.4) is 0 Å². The van der Waals surface area contributed by atoms with Gasteiger partial charge >= 0.3 is 6.03 Å². The minimum atomic E-state index is -0.236. The number of hydrogen-bond donors (Lipinski definition) is 2. The third-order valence-corrected chi connectivity index (χ3v) is 3.42. The molecule has 0 radical (unpaired) electrons. The van der Waals surface area contributed by atoms with E-state index in [9.17, 15) is 4.79 Å². The van der Waals surface area contributed by atoms with Gasteiger partial charge in [0.1, 0.15) is 5.82 Å². The van der Waals surface area contributed by atoms with Gasteiger partial charge < -0.3 is 15.2 Å². The van der Waals surface area contributed by atoms with Crippen LogP contribution >= 0.6 is 23.2 Å². The lowest BCUT2D eigenvalue weighted by Crippen LogP contribution is -2.36. The van der Waals surface area contributed by atoms with Gasteiger partial charge in [-0.15, -0.1) is 0 Å². The quantitative estimate of drug-likeness (QED) is 0.894. The molecule has 1 aromatic heterocycles. The van der Waals surface area contributed by atoms with E-state index in [0.29, 0.717) is 15.9 Å². The lowest BCUT2D eigenvalue weighted by atomic mass is 10.3. The number of aromatic nitrogens is 2. The van der Waals surface area contributed by atoms with Gasteiger partial charge in [0.2, 0.25) is 0 Å². The van der Waals surface area contributed by atoms with Crippen molar-refractivity contribution in [1.82, 2.24) is 20.2 Å². The number of carbonyl (C=O) groups is 1. The van der Waals surface area contributed by atoms with Gasteiger partial charge in [0.25, 0.3) is 0 Å². The highest BCUT2D eigenvalue weighted by molar-refractivity contribution is 6.42. The van der Waals surface area contributed by atoms with Crippen LogP contribution in [0.5, 0.6) is 0 Å². The number of benzene rings is 1. The van der Waals surface area contributed by atoms with E-state index in [1.165, 1.54) is 4.90 Å². The minimum Gasteiger partial charge on any atom is -0.340 e. The average molecular weight is 301 g/mol. The molecular formula is C12H14Cl2N4O. The zero-order valence-electron chi connectivity index (χ0n) is 10.8. The number of nitrogens with one attached hydrogen (secondary N) is 2. The Morgan fingerprint density at radius 1 is 1.37 bits per heavy atom. The van der Waals surface area contributed by atoms with Crippen molar-refractivity contribution in [1.29, 1.82) is 0 Å². The van der Waals surface area contributed by atoms with Crippen molar-refractivity contribution in [3.8, 4) is 0 Å². The van der Waals surface area contributed by atoms with E-state index in [1.807, 2.05) is 6.92 Å². The molecule has 102 valence electrons. The Labute approximate surface area is 120 Å². The fraction of sp³-hybridized carbons (Fsp3) is 0.333. The molecule has 0 spiro atoms. The highest BCUT2D eigenvalue weighted by atomic mass is 35.5. The molecule has 1 heterocycles. The fourth-order valence-corrected chi connectivity index (χ4v) is 1.93. The first-order chi connectivity index (χ1) is 8.88. The van der Waals surface area contributed by atoms with E-state index in [-0.39, 0.29) is 12.1 Å². The van der Waals surface area contributed by atoms with Crippen molar-refractivity contribution in [3.05, 3.63) is 28.0 Å². The summed E-state index contributed by atoms with van der Waals surface area (Å²) in [5.41, 5.74) is 1.51. The van der Waals surface area contributed by atoms with Crippen molar-refractivity contribution in [2.45, 2.75) is 13.0 Å². The predicted molar refractivity (Wildman–Crippen MR) is 76.7 cm³/mol. The van der Waals surface area contributed by atoms with E-state index >= 15 is 0 Å². The number of nitrogens with zero attached hydrogens (tertiary/aromatic N) is 2. The van der Waals surface area contributed by atoms with Gasteiger partial charge in [-0.2, -0.15) is 0 Å². The van der Waals surface area contributed by atoms with Crippen LogP contribution in [0.25, 0.3) is 11.0 Å². The Kier molecular flexibility index (Phi) is 3.87. The largest absolute Gasteiger partial charge is 0.340 e. The molecule has 19 heavy (non-hydrogen) atoms. The van der Waals surface area contributed by atoms with Crippen LogP contribution in [0.2, 0.25) is 10.0 Å². The second kappa shape index (κ2) is 5.27. The maximum absolute atomic E-state index is 11.6. The Bertz CT molecular complexity index is 584. The molecular weight excluding hydrogens is 287 g/mol. The number of halogens is 2. The third kappa shape index (κ3) is 2.93. The molecule has 0 saturated heterocycles. The zero-order valence-corrected chi connectivity index (χ0v) is 12.3. The van der Waals surface area contributed by atoms with Gasteiger partial charge in [0.15, 0.2) is 0 Å². The standard InChI is InChI=1S/C12H14Cl2N4O/c1-6(15-12(19)18(2)3)11-16-9-4-7(13)8(14)5-10(9)17-11/h4-6H,1-3H3,(H,15,19)(H,16,17). The number of urea groups is 1. The summed E-state index contributed by atoms with van der Waals surface area (Å²) in [5, 5.41) is 3.74. The van der Waals surface area contributed by atoms with Gasteiger partial charge in [-0.05, 0) is 19.1 Å². The molecule has 0 bridgehead atoms. The molecule has 1 atom stereocenters. The van der Waals surface area contributed by atoms with Crippen molar-refractivity contribution in [3.63, 3.8) is 0 Å². The fourth-order valence-electron chi connectivity index (χ4n) is 1.61. The molecule has 7 heteroatoms. The summed E-state index contributed by atoms with van der Waals surface area (Å²) in [6.45, 7) is 1.85. The van der Waals surface area contributed by atoms with Crippen LogP contribution in [0.4, 0.5) is 4.79 Å². The highest BCUT2D eigenvalue weighted by Gasteiger charge is 2.15. The van der Waals surface area contributed by atoms with E-state index in [1.54, 1.807) is 26.2 Å². The number of amides is 2. The van der Waals surface area contributed by atoms with Gasteiger partial charge in [-0.25, -0.2) is 9.78 Å². The first-order valence-electron chi connectivity index (χ1n) is 5.71. The smallest absolute Gasteiger partial charge is 0.317 e. The minimum absolute atomic E-state index is 0.177. The molecule has 0 fully saturated rings. The topological polar surface area (TPSA) is 61.0 Å². The molecule has 5 nitrogen and oxygen atoms in total. The summed E-state index contributed by atoms with van der Waals surface area (Å²) in [4.78, 5) is 20.6. The average Bonchev–Trinajstić information content (AvgIpc) is 2.72. The lowest BCUT2D eigenvalue weighted by Gasteiger charge is -2.15. The molecule has 0 aliphatic rings. The number of aromatic amines is 1. The molecule has 2 rings (SSSR count). The number of H-pyrrole nitrogens is 1. The van der Waals surface area contributed by atoms with Crippen molar-refractivity contribution in [2.24, 2.45) is 0 Å². The van der Waals surface area contributed by atoms with E-state index < -0.39 is 0 Å². The van der Waals surface area contributed by atoms with Gasteiger partial charge in [0.05, 0.1) is 27.1 Å². The summed E-state index contributed by atoms with van der Waals surface area (Å²) < 4.78 is 0. The van der Waals surface area contributed by atoms with Gasteiger partial charge in [0, 0.05) is 14.1 Å². The molecule has 1 aromatic carbocycles. The van der Waals surface area contributed by atoms with E-state index in [0.717, 1.165) is 11.0 Å². The summed E-state index contributed by atoms with van der Waals surface area (Å²) in [5.74, 6) is 0.656. The van der Waals surface area contributed by atoms with Crippen LogP contribution in [-0.2, 0) is 0 Å². The Hall–Kier alpha value is -1.46. The van der Waals surface area contributed by atoms with Crippen LogP contribution in [0.15, 0.2) is 12.1 Å². The number of rotatable bonds is 2. The van der Waals surface area contributed by atoms with E-state index in [2.05, 4.69) is 15.3 Å². The maximum atomic E-state index is 11.6. The molecule has 0 aliphatic heterocycles. The van der Waals surface area contributed by atoms with Gasteiger partial charge in [-0.3, -0.25) is 0 Å². The monoisotopic (exact) mass is 300 g/mol. The third-order valence-electron chi connectivity index (χ3n) is 2.70. The molecule has 0 saturated carbocycles. The van der Waals surface area contributed by atoms with Crippen LogP contribution in [-0.4, -0.2) is 35.0 Å². The molecule has 0 aliphatic carbocycles. The summed E-state index contributed by atoms with van der Waals surface area (Å²) in [7, 11) is 3.36. The van der Waals surface area contributed by atoms with Gasteiger partial charge in [-0.1, -0.05) is 23.2 Å². The first kappa shape index (κ1) is 14.0. The molecule has 2 N–H and O–H groups in total. The SMILES string of the molecule is CC(NC(=O)N(C)C)c1nc2cc(Cl)c(Cl)cc2[nH]1. The second-order valence-electron chi connectivity index (χ2n) is 4.47. The number of carbonyl (C=O) groups excluding carboxylic acids is 1. The van der Waals surface area contributed by atoms with Crippen molar-refractivity contribution < 1.29 is 4.79 Å². The number of fused-ring (bicyclic) bond motifs is 1. The van der Waals surface area contributed by atoms with E-state index in [4.69, 9.17) is 23.2 Å². The Morgan fingerprint density at radius 3 is 2.63 bits per heavy atom. The predicted octanol–water partition coefficient (Wildman–Crippen LogP) is 3.20. The molecule has 2 aromatic rings. The lowest BCUT2D eigenvalue weighted by molar-refractivity contribution is 0.213. The summed E-state index contributed by atoms with van der Waals surface area (Å²) in [6, 6.07) is 3.00. The van der Waals surface area contributed by atoms with Crippen LogP contribution in [0.1, 0.15) is 18.8 Å². The van der Waals surface area contributed by atoms with Crippen molar-refractivity contribution in [2.75, 3.05) is 14.1 Å². The highest BCUT2D eigenvalue weighted by Crippen LogP contribution is 2.27. The summed E-state index contributed by atoms with van der Waals surface area (Å²) >= 11 is 11.9. The Morgan fingerprint density at radius 2 is 2.00 bits per heavy atom. The van der Waals surface area contributed by atoms with Crippen LogP contribution in [0, 0.1) is 0 Å². The first-order valence-corrected chi connectivity index (χ1v) is 6.46. The maximum Gasteiger partial charge on any atom is 0.317 e. The molecule has 1 unspecified atom stereocenters. The van der Waals surface area contributed by atoms with Crippen molar-refractivity contribution >= 4 is 40.3 Å².